The highest BCUT2D eigenvalue weighted by Gasteiger charge is 2.05. The number of para-hydroxylation sites is 1. The molecule has 0 fully saturated rings. The first-order valence-electron chi connectivity index (χ1n) is 6.54. The summed E-state index contributed by atoms with van der Waals surface area (Å²) in [6.07, 6.45) is 3.58. The van der Waals surface area contributed by atoms with E-state index in [0.717, 1.165) is 31.4 Å². The number of hydrogen-bond acceptors (Lipinski definition) is 2. The first-order valence-corrected chi connectivity index (χ1v) is 6.54. The topological polar surface area (TPSA) is 29.5 Å². The number of aliphatic hydroxyl groups excluding tert-OH is 1. The fourth-order valence-corrected chi connectivity index (χ4v) is 1.70. The Bertz CT molecular complexity index is 282. The van der Waals surface area contributed by atoms with Crippen LogP contribution >= 0.6 is 0 Å². The lowest BCUT2D eigenvalue weighted by Crippen LogP contribution is -2.10. The van der Waals surface area contributed by atoms with Crippen LogP contribution in [0.2, 0.25) is 0 Å². The van der Waals surface area contributed by atoms with E-state index in [1.165, 1.54) is 0 Å². The molecule has 0 heterocycles. The summed E-state index contributed by atoms with van der Waals surface area (Å²) in [6.45, 7) is 5.05. The third-order valence-corrected chi connectivity index (χ3v) is 2.77. The van der Waals surface area contributed by atoms with Crippen molar-refractivity contribution in [2.75, 3.05) is 6.61 Å². The van der Waals surface area contributed by atoms with E-state index in [-0.39, 0.29) is 6.10 Å². The maximum absolute atomic E-state index is 9.74. The molecule has 0 aliphatic carbocycles. The maximum Gasteiger partial charge on any atom is 0.119 e. The van der Waals surface area contributed by atoms with Crippen LogP contribution in [0, 0.1) is 5.92 Å². The SMILES string of the molecule is CC(C)CCC(O)CCCOc1ccccc1. The van der Waals surface area contributed by atoms with Crippen LogP contribution in [-0.2, 0) is 0 Å². The van der Waals surface area contributed by atoms with Crippen molar-refractivity contribution in [1.82, 2.24) is 0 Å². The van der Waals surface area contributed by atoms with Crippen molar-refractivity contribution in [2.24, 2.45) is 5.92 Å². The van der Waals surface area contributed by atoms with Gasteiger partial charge in [0.2, 0.25) is 0 Å². The van der Waals surface area contributed by atoms with E-state index in [1.54, 1.807) is 0 Å². The van der Waals surface area contributed by atoms with Gasteiger partial charge in [-0.15, -0.1) is 0 Å². The molecule has 96 valence electrons. The molecular weight excluding hydrogens is 212 g/mol. The second-order valence-corrected chi connectivity index (χ2v) is 4.93. The van der Waals surface area contributed by atoms with Crippen LogP contribution in [0.15, 0.2) is 30.3 Å². The Labute approximate surface area is 105 Å². The third kappa shape index (κ3) is 7.01. The normalized spacial score (nSPS) is 12.7. The lowest BCUT2D eigenvalue weighted by atomic mass is 10.0. The second kappa shape index (κ2) is 8.13. The van der Waals surface area contributed by atoms with E-state index in [4.69, 9.17) is 4.74 Å². The van der Waals surface area contributed by atoms with Crippen LogP contribution in [0.1, 0.15) is 39.5 Å². The zero-order valence-electron chi connectivity index (χ0n) is 10.9. The van der Waals surface area contributed by atoms with Gasteiger partial charge in [0.1, 0.15) is 5.75 Å². The number of aliphatic hydroxyl groups is 1. The summed E-state index contributed by atoms with van der Waals surface area (Å²) in [6, 6.07) is 9.81. The largest absolute Gasteiger partial charge is 0.494 e. The van der Waals surface area contributed by atoms with Gasteiger partial charge >= 0.3 is 0 Å². The average molecular weight is 236 g/mol. The smallest absolute Gasteiger partial charge is 0.119 e. The maximum atomic E-state index is 9.74. The summed E-state index contributed by atoms with van der Waals surface area (Å²) in [5.74, 6) is 1.58. The van der Waals surface area contributed by atoms with Crippen LogP contribution in [-0.4, -0.2) is 17.8 Å². The Morgan fingerprint density at radius 2 is 1.76 bits per heavy atom. The fraction of sp³-hybridized carbons (Fsp3) is 0.600. The average Bonchev–Trinajstić information content (AvgIpc) is 2.33. The first-order chi connectivity index (χ1) is 8.18. The molecule has 1 atom stereocenters. The molecule has 1 unspecified atom stereocenters. The highest BCUT2D eigenvalue weighted by molar-refractivity contribution is 5.20. The number of hydrogen-bond donors (Lipinski definition) is 1. The molecule has 0 saturated carbocycles. The van der Waals surface area contributed by atoms with Gasteiger partial charge < -0.3 is 9.84 Å². The van der Waals surface area contributed by atoms with Crippen LogP contribution in [0.3, 0.4) is 0 Å². The molecular formula is C15H24O2. The molecule has 2 heteroatoms. The molecule has 2 nitrogen and oxygen atoms in total. The first kappa shape index (κ1) is 14.0. The van der Waals surface area contributed by atoms with Crippen molar-refractivity contribution in [2.45, 2.75) is 45.6 Å². The molecule has 1 aromatic carbocycles. The number of benzene rings is 1. The van der Waals surface area contributed by atoms with Crippen LogP contribution < -0.4 is 4.74 Å². The monoisotopic (exact) mass is 236 g/mol. The molecule has 0 aromatic heterocycles. The van der Waals surface area contributed by atoms with Crippen LogP contribution in [0.25, 0.3) is 0 Å². The van der Waals surface area contributed by atoms with E-state index in [0.29, 0.717) is 12.5 Å². The van der Waals surface area contributed by atoms with Gasteiger partial charge in [-0.3, -0.25) is 0 Å². The highest BCUT2D eigenvalue weighted by atomic mass is 16.5. The summed E-state index contributed by atoms with van der Waals surface area (Å²) in [5.41, 5.74) is 0. The molecule has 0 bridgehead atoms. The zero-order valence-corrected chi connectivity index (χ0v) is 10.9. The van der Waals surface area contributed by atoms with Gasteiger partial charge in [-0.25, -0.2) is 0 Å². The molecule has 1 rings (SSSR count). The van der Waals surface area contributed by atoms with Gasteiger partial charge in [0, 0.05) is 0 Å². The Kier molecular flexibility index (Phi) is 6.71. The molecule has 0 amide bonds. The summed E-state index contributed by atoms with van der Waals surface area (Å²) in [4.78, 5) is 0. The van der Waals surface area contributed by atoms with Crippen molar-refractivity contribution in [3.8, 4) is 5.75 Å². The van der Waals surface area contributed by atoms with Crippen LogP contribution in [0.5, 0.6) is 5.75 Å². The predicted molar refractivity (Wildman–Crippen MR) is 71.2 cm³/mol. The van der Waals surface area contributed by atoms with Gasteiger partial charge in [-0.1, -0.05) is 32.0 Å². The van der Waals surface area contributed by atoms with E-state index >= 15 is 0 Å². The molecule has 1 aromatic rings. The standard InChI is InChI=1S/C15H24O2/c1-13(2)10-11-14(16)7-6-12-17-15-8-4-3-5-9-15/h3-5,8-9,13-14,16H,6-7,10-12H2,1-2H3. The van der Waals surface area contributed by atoms with Crippen molar-refractivity contribution in [3.63, 3.8) is 0 Å². The highest BCUT2D eigenvalue weighted by Crippen LogP contribution is 2.12. The molecule has 0 spiro atoms. The van der Waals surface area contributed by atoms with Crippen molar-refractivity contribution in [3.05, 3.63) is 30.3 Å². The van der Waals surface area contributed by atoms with E-state index in [1.807, 2.05) is 30.3 Å². The summed E-state index contributed by atoms with van der Waals surface area (Å²) < 4.78 is 5.57. The van der Waals surface area contributed by atoms with Gasteiger partial charge in [0.15, 0.2) is 0 Å². The van der Waals surface area contributed by atoms with Gasteiger partial charge in [0.25, 0.3) is 0 Å². The van der Waals surface area contributed by atoms with E-state index in [2.05, 4.69) is 13.8 Å². The Morgan fingerprint density at radius 1 is 1.06 bits per heavy atom. The van der Waals surface area contributed by atoms with Crippen molar-refractivity contribution in [1.29, 1.82) is 0 Å². The van der Waals surface area contributed by atoms with Crippen LogP contribution in [0.4, 0.5) is 0 Å². The lowest BCUT2D eigenvalue weighted by molar-refractivity contribution is 0.137. The number of ether oxygens (including phenoxy) is 1. The molecule has 0 aliphatic heterocycles. The summed E-state index contributed by atoms with van der Waals surface area (Å²) in [5, 5.41) is 9.74. The zero-order chi connectivity index (χ0) is 12.5. The summed E-state index contributed by atoms with van der Waals surface area (Å²) in [7, 11) is 0. The van der Waals surface area contributed by atoms with Crippen molar-refractivity contribution >= 4 is 0 Å². The second-order valence-electron chi connectivity index (χ2n) is 4.93. The molecule has 0 radical (unpaired) electrons. The Hall–Kier alpha value is -1.02. The van der Waals surface area contributed by atoms with E-state index in [9.17, 15) is 5.11 Å². The van der Waals surface area contributed by atoms with Crippen molar-refractivity contribution < 1.29 is 9.84 Å². The Morgan fingerprint density at radius 3 is 2.41 bits per heavy atom. The predicted octanol–water partition coefficient (Wildman–Crippen LogP) is 3.64. The van der Waals surface area contributed by atoms with E-state index < -0.39 is 0 Å². The van der Waals surface area contributed by atoms with Gasteiger partial charge in [-0.2, -0.15) is 0 Å². The third-order valence-electron chi connectivity index (χ3n) is 2.77. The molecule has 17 heavy (non-hydrogen) atoms. The summed E-state index contributed by atoms with van der Waals surface area (Å²) >= 11 is 0. The van der Waals surface area contributed by atoms with Gasteiger partial charge in [0.05, 0.1) is 12.7 Å². The minimum Gasteiger partial charge on any atom is -0.494 e. The quantitative estimate of drug-likeness (QED) is 0.698. The Balaban J connectivity index is 2.04. The molecule has 1 N–H and O–H groups in total. The number of rotatable bonds is 8. The fourth-order valence-electron chi connectivity index (χ4n) is 1.70. The molecule has 0 aliphatic rings. The minimum atomic E-state index is -0.170. The minimum absolute atomic E-state index is 0.170. The molecule has 0 saturated heterocycles. The van der Waals surface area contributed by atoms with Gasteiger partial charge in [-0.05, 0) is 43.7 Å². The lowest BCUT2D eigenvalue weighted by Gasteiger charge is -2.12.